The molecule has 3 N–H and O–H groups in total. The van der Waals surface area contributed by atoms with Gasteiger partial charge in [0.1, 0.15) is 37.4 Å². The van der Waals surface area contributed by atoms with E-state index in [1.54, 1.807) is 24.3 Å². The first-order chi connectivity index (χ1) is 20.6. The number of rotatable bonds is 16. The van der Waals surface area contributed by atoms with Gasteiger partial charge in [-0.3, -0.25) is 28.9 Å². The van der Waals surface area contributed by atoms with Crippen molar-refractivity contribution in [1.29, 1.82) is 0 Å². The standard InChI is InChI=1S/C31H38N2O11/c1-30(2,3)28(38)20-6-10-22(11-7-20)41-16-17-42-26(36)18-24(34)32-14-15-33-25(35)19-27(37)44-43-23-12-8-21(9-13-23)29(39)31(4,5)40/h6-13,40H,14-19H2,1-5H3,(H,32,34)(H,33,35). The SMILES string of the molecule is CC(C)(C)C(=O)c1ccc(OCCOC(=O)CC(=O)NCCNC(=O)CC(=O)OOc2ccc(C(=O)C(C)(C)O)cc2)cc1. The maximum absolute atomic E-state index is 12.3. The third-order valence-electron chi connectivity index (χ3n) is 5.69. The fourth-order valence-corrected chi connectivity index (χ4v) is 3.43. The zero-order chi connectivity index (χ0) is 32.9. The largest absolute Gasteiger partial charge is 0.490 e. The van der Waals surface area contributed by atoms with E-state index in [4.69, 9.17) is 14.4 Å². The predicted octanol–water partition coefficient (Wildman–Crippen LogP) is 2.34. The summed E-state index contributed by atoms with van der Waals surface area (Å²) in [4.78, 5) is 81.2. The Morgan fingerprint density at radius 2 is 1.14 bits per heavy atom. The zero-order valence-electron chi connectivity index (χ0n) is 25.4. The highest BCUT2D eigenvalue weighted by Gasteiger charge is 2.25. The second-order valence-electron chi connectivity index (χ2n) is 11.2. The smallest absolute Gasteiger partial charge is 0.364 e. The van der Waals surface area contributed by atoms with E-state index < -0.39 is 53.4 Å². The summed E-state index contributed by atoms with van der Waals surface area (Å²) in [6.45, 7) is 8.17. The lowest BCUT2D eigenvalue weighted by atomic mass is 9.86. The molecule has 2 rings (SSSR count). The van der Waals surface area contributed by atoms with Gasteiger partial charge in [-0.1, -0.05) is 20.8 Å². The molecule has 0 atom stereocenters. The van der Waals surface area contributed by atoms with E-state index in [0.717, 1.165) is 0 Å². The lowest BCUT2D eigenvalue weighted by molar-refractivity contribution is -0.213. The molecule has 44 heavy (non-hydrogen) atoms. The number of carbonyl (C=O) groups is 6. The van der Waals surface area contributed by atoms with Gasteiger partial charge >= 0.3 is 11.9 Å². The van der Waals surface area contributed by atoms with Crippen molar-refractivity contribution >= 4 is 35.3 Å². The highest BCUT2D eigenvalue weighted by Crippen LogP contribution is 2.22. The van der Waals surface area contributed by atoms with Crippen molar-refractivity contribution in [1.82, 2.24) is 10.6 Å². The number of ketones is 2. The number of hydrogen-bond donors (Lipinski definition) is 3. The van der Waals surface area contributed by atoms with Crippen LogP contribution in [0.15, 0.2) is 48.5 Å². The van der Waals surface area contributed by atoms with Crippen LogP contribution in [-0.4, -0.2) is 72.3 Å². The predicted molar refractivity (Wildman–Crippen MR) is 156 cm³/mol. The number of benzene rings is 2. The van der Waals surface area contributed by atoms with E-state index in [0.29, 0.717) is 11.3 Å². The van der Waals surface area contributed by atoms with Crippen LogP contribution in [0.4, 0.5) is 0 Å². The van der Waals surface area contributed by atoms with E-state index in [1.807, 2.05) is 20.8 Å². The molecule has 2 aromatic rings. The van der Waals surface area contributed by atoms with Gasteiger partial charge in [-0.15, -0.1) is 0 Å². The Morgan fingerprint density at radius 1 is 0.659 bits per heavy atom. The minimum Gasteiger partial charge on any atom is -0.490 e. The molecule has 238 valence electrons. The van der Waals surface area contributed by atoms with Crippen molar-refractivity contribution in [3.63, 3.8) is 0 Å². The molecule has 0 radical (unpaired) electrons. The van der Waals surface area contributed by atoms with E-state index in [2.05, 4.69) is 15.5 Å². The van der Waals surface area contributed by atoms with Crippen LogP contribution in [0.2, 0.25) is 0 Å². The second kappa shape index (κ2) is 16.2. The number of aliphatic hydroxyl groups is 1. The Hall–Kier alpha value is -4.78. The monoisotopic (exact) mass is 614 g/mol. The van der Waals surface area contributed by atoms with E-state index in [-0.39, 0.29) is 43.4 Å². The molecule has 2 aromatic carbocycles. The number of amides is 2. The van der Waals surface area contributed by atoms with Crippen LogP contribution in [0.5, 0.6) is 11.5 Å². The van der Waals surface area contributed by atoms with Crippen LogP contribution >= 0.6 is 0 Å². The lowest BCUT2D eigenvalue weighted by Crippen LogP contribution is -2.36. The summed E-state index contributed by atoms with van der Waals surface area (Å²) in [7, 11) is 0. The van der Waals surface area contributed by atoms with Crippen LogP contribution < -0.4 is 20.3 Å². The van der Waals surface area contributed by atoms with Gasteiger partial charge in [-0.05, 0) is 62.4 Å². The van der Waals surface area contributed by atoms with Crippen molar-refractivity contribution in [2.45, 2.75) is 53.1 Å². The summed E-state index contributed by atoms with van der Waals surface area (Å²) in [6.07, 6.45) is -1.19. The number of carbonyl (C=O) groups excluding carboxylic acids is 6. The van der Waals surface area contributed by atoms with Crippen LogP contribution in [0, 0.1) is 5.41 Å². The second-order valence-corrected chi connectivity index (χ2v) is 11.2. The van der Waals surface area contributed by atoms with Gasteiger partial charge < -0.3 is 25.2 Å². The molecule has 0 spiro atoms. The van der Waals surface area contributed by atoms with Gasteiger partial charge in [-0.25, -0.2) is 9.68 Å². The van der Waals surface area contributed by atoms with Crippen LogP contribution in [0.25, 0.3) is 0 Å². The molecule has 0 saturated heterocycles. The maximum Gasteiger partial charge on any atom is 0.364 e. The average molecular weight is 615 g/mol. The van der Waals surface area contributed by atoms with Crippen molar-refractivity contribution in [3.8, 4) is 11.5 Å². The summed E-state index contributed by atoms with van der Waals surface area (Å²) in [5.41, 5.74) is -1.24. The molecule has 13 nitrogen and oxygen atoms in total. The Balaban J connectivity index is 1.55. The first kappa shape index (κ1) is 35.4. The minimum absolute atomic E-state index is 0.00403. The van der Waals surface area contributed by atoms with Gasteiger partial charge in [0, 0.05) is 29.6 Å². The minimum atomic E-state index is -1.54. The van der Waals surface area contributed by atoms with Crippen LogP contribution in [0.1, 0.15) is 68.2 Å². The third-order valence-corrected chi connectivity index (χ3v) is 5.69. The maximum atomic E-state index is 12.3. The number of Topliss-reactive ketones (excluding diaryl/α,β-unsaturated/α-hetero) is 2. The van der Waals surface area contributed by atoms with Gasteiger partial charge in [0.15, 0.2) is 17.3 Å². The molecule has 0 bridgehead atoms. The Kier molecular flexibility index (Phi) is 13.0. The highest BCUT2D eigenvalue weighted by molar-refractivity contribution is 6.02. The van der Waals surface area contributed by atoms with Crippen molar-refractivity contribution in [2.24, 2.45) is 5.41 Å². The zero-order valence-corrected chi connectivity index (χ0v) is 25.4. The molecular weight excluding hydrogens is 576 g/mol. The molecule has 0 aromatic heterocycles. The lowest BCUT2D eigenvalue weighted by Gasteiger charge is -2.16. The van der Waals surface area contributed by atoms with E-state index in [1.165, 1.54) is 38.1 Å². The fourth-order valence-electron chi connectivity index (χ4n) is 3.43. The molecule has 2 amide bonds. The first-order valence-electron chi connectivity index (χ1n) is 13.8. The molecule has 0 aliphatic rings. The van der Waals surface area contributed by atoms with E-state index >= 15 is 0 Å². The van der Waals surface area contributed by atoms with Crippen molar-refractivity contribution < 1.29 is 53.1 Å². The molecule has 0 saturated carbocycles. The van der Waals surface area contributed by atoms with Gasteiger partial charge in [-0.2, -0.15) is 0 Å². The third kappa shape index (κ3) is 12.6. The summed E-state index contributed by atoms with van der Waals surface area (Å²) >= 11 is 0. The quantitative estimate of drug-likeness (QED) is 0.0630. The molecule has 0 fully saturated rings. The number of nitrogens with one attached hydrogen (secondary N) is 2. The number of esters is 1. The Bertz CT molecular complexity index is 1320. The molecule has 0 aliphatic heterocycles. The summed E-state index contributed by atoms with van der Waals surface area (Å²) in [6, 6.07) is 12.1. The Labute approximate surface area is 255 Å². The molecule has 0 heterocycles. The summed E-state index contributed by atoms with van der Waals surface area (Å²) < 4.78 is 10.5. The fraction of sp³-hybridized carbons (Fsp3) is 0.419. The highest BCUT2D eigenvalue weighted by atomic mass is 17.2. The number of ether oxygens (including phenoxy) is 2. The van der Waals surface area contributed by atoms with Crippen LogP contribution in [-0.2, 0) is 28.8 Å². The molecule has 13 heteroatoms. The average Bonchev–Trinajstić information content (AvgIpc) is 2.95. The first-order valence-corrected chi connectivity index (χ1v) is 13.8. The topological polar surface area (TPSA) is 184 Å². The van der Waals surface area contributed by atoms with Crippen molar-refractivity contribution in [2.75, 3.05) is 26.3 Å². The Morgan fingerprint density at radius 3 is 1.64 bits per heavy atom. The molecule has 0 unspecified atom stereocenters. The number of hydrogen-bond acceptors (Lipinski definition) is 11. The van der Waals surface area contributed by atoms with Gasteiger partial charge in [0.2, 0.25) is 11.8 Å². The normalized spacial score (nSPS) is 11.1. The molecular formula is C31H38N2O11. The van der Waals surface area contributed by atoms with Crippen LogP contribution in [0.3, 0.4) is 0 Å². The van der Waals surface area contributed by atoms with Crippen molar-refractivity contribution in [3.05, 3.63) is 59.7 Å². The van der Waals surface area contributed by atoms with Gasteiger partial charge in [0.25, 0.3) is 0 Å². The molecule has 0 aliphatic carbocycles. The van der Waals surface area contributed by atoms with E-state index in [9.17, 15) is 33.9 Å². The van der Waals surface area contributed by atoms with Gasteiger partial charge in [0.05, 0.1) is 0 Å². The summed E-state index contributed by atoms with van der Waals surface area (Å²) in [5.74, 6) is -2.94. The summed E-state index contributed by atoms with van der Waals surface area (Å²) in [5, 5.41) is 14.6.